The molecule has 1 aromatic rings. The van der Waals surface area contributed by atoms with E-state index >= 15 is 0 Å². The van der Waals surface area contributed by atoms with E-state index in [4.69, 9.17) is 5.11 Å². The number of rotatable bonds is 3. The van der Waals surface area contributed by atoms with Crippen molar-refractivity contribution in [3.63, 3.8) is 0 Å². The lowest BCUT2D eigenvalue weighted by atomic mass is 9.75. The molecule has 0 amide bonds. The van der Waals surface area contributed by atoms with Crippen LogP contribution in [0.15, 0.2) is 34.2 Å². The zero-order chi connectivity index (χ0) is 14.4. The van der Waals surface area contributed by atoms with Crippen LogP contribution in [-0.4, -0.2) is 30.9 Å². The monoisotopic (exact) mass is 294 g/mol. The van der Waals surface area contributed by atoms with Gasteiger partial charge in [-0.15, -0.1) is 0 Å². The normalized spacial score (nSPS) is 23.7. The Morgan fingerprint density at radius 2 is 2.05 bits per heavy atom. The number of amidine groups is 1. The lowest BCUT2D eigenvalue weighted by Gasteiger charge is -2.37. The molecular weight excluding hydrogens is 280 g/mol. The van der Waals surface area contributed by atoms with Crippen molar-refractivity contribution in [2.75, 3.05) is 0 Å². The molecule has 3 rings (SSSR count). The van der Waals surface area contributed by atoms with Crippen LogP contribution in [0.25, 0.3) is 0 Å². The standard InChI is InChI=1S/C13H14N2O4S/c16-11(17)8-13(6-3-7-13)14-12-9-4-1-2-5-10(9)20(18,19)15-12/h1-2,4-5H,3,6-8H2,(H,14,15)(H,16,17). The summed E-state index contributed by atoms with van der Waals surface area (Å²) in [5.41, 5.74) is -0.148. The molecule has 1 aromatic carbocycles. The minimum absolute atomic E-state index is 0.0691. The van der Waals surface area contributed by atoms with E-state index in [1.54, 1.807) is 18.2 Å². The summed E-state index contributed by atoms with van der Waals surface area (Å²) >= 11 is 0. The molecule has 1 fully saturated rings. The Morgan fingerprint density at radius 1 is 1.35 bits per heavy atom. The molecule has 106 valence electrons. The molecule has 0 bridgehead atoms. The summed E-state index contributed by atoms with van der Waals surface area (Å²) < 4.78 is 26.4. The second-order valence-electron chi connectivity index (χ2n) is 5.21. The van der Waals surface area contributed by atoms with Gasteiger partial charge in [-0.2, -0.15) is 0 Å². The van der Waals surface area contributed by atoms with Gasteiger partial charge in [-0.1, -0.05) is 12.1 Å². The number of nitrogens with zero attached hydrogens (tertiary/aromatic N) is 1. The first kappa shape index (κ1) is 13.1. The van der Waals surface area contributed by atoms with Crippen LogP contribution >= 0.6 is 0 Å². The SMILES string of the molecule is O=C(O)CC1(N=C2NS(=O)(=O)c3ccccc32)CCC1. The largest absolute Gasteiger partial charge is 0.481 e. The Kier molecular flexibility index (Phi) is 2.82. The highest BCUT2D eigenvalue weighted by Gasteiger charge is 2.41. The van der Waals surface area contributed by atoms with Crippen molar-refractivity contribution >= 4 is 21.8 Å². The van der Waals surface area contributed by atoms with Crippen LogP contribution in [0.1, 0.15) is 31.2 Å². The molecule has 2 aliphatic rings. The quantitative estimate of drug-likeness (QED) is 0.873. The third-order valence-corrected chi connectivity index (χ3v) is 5.17. The van der Waals surface area contributed by atoms with Crippen molar-refractivity contribution in [2.45, 2.75) is 36.1 Å². The predicted molar refractivity (Wildman–Crippen MR) is 72.1 cm³/mol. The van der Waals surface area contributed by atoms with E-state index in [0.717, 1.165) is 6.42 Å². The van der Waals surface area contributed by atoms with Crippen LogP contribution in [0.2, 0.25) is 0 Å². The molecule has 0 unspecified atom stereocenters. The number of hydrogen-bond donors (Lipinski definition) is 2. The van der Waals surface area contributed by atoms with E-state index in [9.17, 15) is 13.2 Å². The maximum absolute atomic E-state index is 12.0. The molecule has 1 aliphatic carbocycles. The van der Waals surface area contributed by atoms with Crippen molar-refractivity contribution < 1.29 is 18.3 Å². The lowest BCUT2D eigenvalue weighted by Crippen LogP contribution is -2.40. The van der Waals surface area contributed by atoms with Gasteiger partial charge in [-0.25, -0.2) is 8.42 Å². The summed E-state index contributed by atoms with van der Waals surface area (Å²) in [6.45, 7) is 0. The summed E-state index contributed by atoms with van der Waals surface area (Å²) in [5, 5.41) is 8.98. The van der Waals surface area contributed by atoms with Gasteiger partial charge >= 0.3 is 5.97 Å². The molecule has 0 aromatic heterocycles. The molecule has 1 heterocycles. The predicted octanol–water partition coefficient (Wildman–Crippen LogP) is 1.12. The number of aliphatic carboxylic acids is 1. The van der Waals surface area contributed by atoms with Crippen LogP contribution in [0.4, 0.5) is 0 Å². The smallest absolute Gasteiger partial charge is 0.305 e. The average Bonchev–Trinajstić information content (AvgIpc) is 2.58. The van der Waals surface area contributed by atoms with Crippen LogP contribution < -0.4 is 4.72 Å². The Hall–Kier alpha value is -1.89. The van der Waals surface area contributed by atoms with Gasteiger partial charge in [-0.3, -0.25) is 14.5 Å². The van der Waals surface area contributed by atoms with Gasteiger partial charge in [0.1, 0.15) is 5.84 Å². The molecular formula is C13H14N2O4S. The fourth-order valence-corrected chi connectivity index (χ4v) is 3.88. The first-order valence-electron chi connectivity index (χ1n) is 6.36. The molecule has 1 saturated carbocycles. The van der Waals surface area contributed by atoms with Crippen LogP contribution in [0, 0.1) is 0 Å². The summed E-state index contributed by atoms with van der Waals surface area (Å²) in [5.74, 6) is -0.648. The number of benzene rings is 1. The van der Waals surface area contributed by atoms with Crippen molar-refractivity contribution in [3.8, 4) is 0 Å². The van der Waals surface area contributed by atoms with E-state index in [2.05, 4.69) is 9.71 Å². The molecule has 0 atom stereocenters. The van der Waals surface area contributed by atoms with Gasteiger partial charge in [0.05, 0.1) is 16.9 Å². The first-order chi connectivity index (χ1) is 9.42. The maximum atomic E-state index is 12.0. The van der Waals surface area contributed by atoms with Gasteiger partial charge in [0, 0.05) is 5.56 Å². The second-order valence-corrected chi connectivity index (χ2v) is 6.86. The zero-order valence-corrected chi connectivity index (χ0v) is 11.5. The molecule has 0 spiro atoms. The number of carboxylic acids is 1. The number of sulfonamides is 1. The summed E-state index contributed by atoms with van der Waals surface area (Å²) in [4.78, 5) is 15.6. The number of carboxylic acid groups (broad SMARTS) is 1. The average molecular weight is 294 g/mol. The van der Waals surface area contributed by atoms with E-state index in [-0.39, 0.29) is 17.2 Å². The molecule has 20 heavy (non-hydrogen) atoms. The Bertz CT molecular complexity index is 705. The zero-order valence-electron chi connectivity index (χ0n) is 10.7. The summed E-state index contributed by atoms with van der Waals surface area (Å²) in [6.07, 6.45) is 2.19. The second kappa shape index (κ2) is 4.31. The number of fused-ring (bicyclic) bond motifs is 1. The fraction of sp³-hybridized carbons (Fsp3) is 0.385. The van der Waals surface area contributed by atoms with Gasteiger partial charge in [-0.05, 0) is 31.4 Å². The maximum Gasteiger partial charge on any atom is 0.305 e. The van der Waals surface area contributed by atoms with Crippen molar-refractivity contribution in [1.82, 2.24) is 4.72 Å². The van der Waals surface area contributed by atoms with Gasteiger partial charge in [0.2, 0.25) is 0 Å². The Balaban J connectivity index is 2.04. The minimum atomic E-state index is -3.57. The number of aliphatic imine (C=N–C) groups is 1. The van der Waals surface area contributed by atoms with E-state index < -0.39 is 21.5 Å². The van der Waals surface area contributed by atoms with Crippen LogP contribution in [0.5, 0.6) is 0 Å². The third kappa shape index (κ3) is 2.07. The van der Waals surface area contributed by atoms with Gasteiger partial charge < -0.3 is 5.11 Å². The van der Waals surface area contributed by atoms with Gasteiger partial charge in [0.25, 0.3) is 10.0 Å². The Morgan fingerprint density at radius 3 is 2.65 bits per heavy atom. The minimum Gasteiger partial charge on any atom is -0.481 e. The molecule has 7 heteroatoms. The van der Waals surface area contributed by atoms with E-state index in [0.29, 0.717) is 18.4 Å². The number of carbonyl (C=O) groups is 1. The summed E-state index contributed by atoms with van der Waals surface area (Å²) in [7, 11) is -3.57. The fourth-order valence-electron chi connectivity index (χ4n) is 2.65. The third-order valence-electron chi connectivity index (χ3n) is 3.78. The topological polar surface area (TPSA) is 95.8 Å². The molecule has 1 aliphatic heterocycles. The summed E-state index contributed by atoms with van der Waals surface area (Å²) in [6, 6.07) is 6.59. The highest BCUT2D eigenvalue weighted by atomic mass is 32.2. The lowest BCUT2D eigenvalue weighted by molar-refractivity contribution is -0.139. The van der Waals surface area contributed by atoms with Crippen LogP contribution in [0.3, 0.4) is 0 Å². The van der Waals surface area contributed by atoms with E-state index in [1.165, 1.54) is 6.07 Å². The molecule has 6 nitrogen and oxygen atoms in total. The first-order valence-corrected chi connectivity index (χ1v) is 7.84. The van der Waals surface area contributed by atoms with Crippen molar-refractivity contribution in [2.24, 2.45) is 4.99 Å². The molecule has 2 N–H and O–H groups in total. The molecule has 0 radical (unpaired) electrons. The highest BCUT2D eigenvalue weighted by Crippen LogP contribution is 2.40. The number of hydrogen-bond acceptors (Lipinski definition) is 4. The van der Waals surface area contributed by atoms with E-state index in [1.807, 2.05) is 0 Å². The molecule has 0 saturated heterocycles. The van der Waals surface area contributed by atoms with Crippen molar-refractivity contribution in [1.29, 1.82) is 0 Å². The number of nitrogens with one attached hydrogen (secondary N) is 1. The van der Waals surface area contributed by atoms with Crippen LogP contribution in [-0.2, 0) is 14.8 Å². The van der Waals surface area contributed by atoms with Gasteiger partial charge in [0.15, 0.2) is 0 Å². The van der Waals surface area contributed by atoms with Crippen molar-refractivity contribution in [3.05, 3.63) is 29.8 Å². The highest BCUT2D eigenvalue weighted by molar-refractivity contribution is 7.90. The Labute approximate surface area is 116 Å².